The summed E-state index contributed by atoms with van der Waals surface area (Å²) < 4.78 is 10.6. The Hall–Kier alpha value is -1.75. The number of ether oxygens (including phenoxy) is 2. The highest BCUT2D eigenvalue weighted by Gasteiger charge is 2.29. The van der Waals surface area contributed by atoms with Gasteiger partial charge in [0.05, 0.1) is 6.42 Å². The van der Waals surface area contributed by atoms with Crippen molar-refractivity contribution in [2.75, 3.05) is 19.9 Å². The maximum Gasteiger partial charge on any atom is 0.231 e. The van der Waals surface area contributed by atoms with Gasteiger partial charge >= 0.3 is 0 Å². The first-order valence-corrected chi connectivity index (χ1v) is 7.55. The third-order valence-electron chi connectivity index (χ3n) is 4.36. The van der Waals surface area contributed by atoms with Crippen molar-refractivity contribution in [3.05, 3.63) is 23.8 Å². The van der Waals surface area contributed by atoms with Crippen molar-refractivity contribution < 1.29 is 14.3 Å². The van der Waals surface area contributed by atoms with Crippen LogP contribution in [0.25, 0.3) is 0 Å². The lowest BCUT2D eigenvalue weighted by molar-refractivity contribution is -0.134. The fourth-order valence-corrected chi connectivity index (χ4v) is 3.13. The van der Waals surface area contributed by atoms with Gasteiger partial charge in [-0.2, -0.15) is 0 Å². The van der Waals surface area contributed by atoms with Crippen molar-refractivity contribution in [1.29, 1.82) is 0 Å². The fraction of sp³-hybridized carbons (Fsp3) is 0.562. The van der Waals surface area contributed by atoms with Gasteiger partial charge in [0, 0.05) is 19.1 Å². The minimum absolute atomic E-state index is 0.149. The second-order valence-corrected chi connectivity index (χ2v) is 5.97. The molecule has 2 atom stereocenters. The molecule has 0 bridgehead atoms. The Labute approximate surface area is 125 Å². The van der Waals surface area contributed by atoms with Gasteiger partial charge in [0.15, 0.2) is 11.5 Å². The zero-order valence-electron chi connectivity index (χ0n) is 12.4. The molecule has 0 aliphatic carbocycles. The van der Waals surface area contributed by atoms with Gasteiger partial charge in [0.25, 0.3) is 0 Å². The summed E-state index contributed by atoms with van der Waals surface area (Å²) in [5.74, 6) is 2.27. The van der Waals surface area contributed by atoms with E-state index in [9.17, 15) is 4.79 Å². The Balaban J connectivity index is 1.68. The van der Waals surface area contributed by atoms with Crippen LogP contribution in [0, 0.1) is 5.92 Å². The van der Waals surface area contributed by atoms with Crippen LogP contribution in [-0.2, 0) is 11.2 Å². The number of carbonyl (C=O) groups is 1. The molecule has 1 aromatic rings. The smallest absolute Gasteiger partial charge is 0.231 e. The predicted octanol–water partition coefficient (Wildman–Crippen LogP) is 1.54. The number of hydrogen-bond donors (Lipinski definition) is 1. The van der Waals surface area contributed by atoms with Crippen molar-refractivity contribution in [3.8, 4) is 11.5 Å². The summed E-state index contributed by atoms with van der Waals surface area (Å²) in [7, 11) is 0. The zero-order valence-corrected chi connectivity index (χ0v) is 12.4. The molecule has 2 heterocycles. The molecule has 2 N–H and O–H groups in total. The van der Waals surface area contributed by atoms with E-state index in [-0.39, 0.29) is 18.7 Å². The highest BCUT2D eigenvalue weighted by Crippen LogP contribution is 2.33. The van der Waals surface area contributed by atoms with Crippen molar-refractivity contribution in [1.82, 2.24) is 4.90 Å². The monoisotopic (exact) mass is 290 g/mol. The van der Waals surface area contributed by atoms with Crippen molar-refractivity contribution >= 4 is 5.91 Å². The first-order valence-electron chi connectivity index (χ1n) is 7.55. The number of rotatable bonds is 3. The van der Waals surface area contributed by atoms with Crippen LogP contribution in [-0.4, -0.2) is 36.7 Å². The second kappa shape index (κ2) is 5.93. The summed E-state index contributed by atoms with van der Waals surface area (Å²) in [4.78, 5) is 14.5. The van der Waals surface area contributed by atoms with Crippen LogP contribution in [0.15, 0.2) is 18.2 Å². The van der Waals surface area contributed by atoms with Crippen LogP contribution in [0.1, 0.15) is 25.3 Å². The molecule has 2 unspecified atom stereocenters. The molecule has 3 rings (SSSR count). The summed E-state index contributed by atoms with van der Waals surface area (Å²) in [5.41, 5.74) is 6.79. The lowest BCUT2D eigenvalue weighted by atomic mass is 9.92. The molecule has 0 aromatic heterocycles. The van der Waals surface area contributed by atoms with Gasteiger partial charge < -0.3 is 20.1 Å². The summed E-state index contributed by atoms with van der Waals surface area (Å²) in [6, 6.07) is 5.86. The number of hydrogen-bond acceptors (Lipinski definition) is 4. The van der Waals surface area contributed by atoms with Crippen LogP contribution in [0.5, 0.6) is 11.5 Å². The average molecular weight is 290 g/mol. The Morgan fingerprint density at radius 2 is 2.19 bits per heavy atom. The Kier molecular flexibility index (Phi) is 4.01. The molecule has 1 aromatic carbocycles. The van der Waals surface area contributed by atoms with Gasteiger partial charge in [-0.25, -0.2) is 0 Å². The summed E-state index contributed by atoms with van der Waals surface area (Å²) in [6.45, 7) is 3.83. The lowest BCUT2D eigenvalue weighted by Gasteiger charge is -2.38. The largest absolute Gasteiger partial charge is 0.454 e. The standard InChI is InChI=1S/C16H22N2O3/c1-11-4-5-18(13(6-11)9-17)16(19)8-12-2-3-14-15(7-12)21-10-20-14/h2-3,7,11,13H,4-6,8-10,17H2,1H3. The maximum atomic E-state index is 12.5. The lowest BCUT2D eigenvalue weighted by Crippen LogP contribution is -2.49. The average Bonchev–Trinajstić information content (AvgIpc) is 2.94. The van der Waals surface area contributed by atoms with Crippen LogP contribution in [0.3, 0.4) is 0 Å². The molecule has 1 amide bonds. The third kappa shape index (κ3) is 2.97. The first kappa shape index (κ1) is 14.2. The molecule has 0 saturated carbocycles. The molecule has 5 heteroatoms. The molecule has 0 radical (unpaired) electrons. The van der Waals surface area contributed by atoms with E-state index < -0.39 is 0 Å². The minimum atomic E-state index is 0.149. The predicted molar refractivity (Wildman–Crippen MR) is 79.2 cm³/mol. The fourth-order valence-electron chi connectivity index (χ4n) is 3.13. The first-order chi connectivity index (χ1) is 10.2. The van der Waals surface area contributed by atoms with E-state index in [1.165, 1.54) is 0 Å². The molecule has 114 valence electrons. The van der Waals surface area contributed by atoms with Gasteiger partial charge in [-0.1, -0.05) is 13.0 Å². The SMILES string of the molecule is CC1CCN(C(=O)Cc2ccc3c(c2)OCO3)C(CN)C1. The topological polar surface area (TPSA) is 64.8 Å². The van der Waals surface area contributed by atoms with E-state index in [0.29, 0.717) is 18.9 Å². The molecule has 0 spiro atoms. The van der Waals surface area contributed by atoms with Gasteiger partial charge in [-0.3, -0.25) is 4.79 Å². The second-order valence-electron chi connectivity index (χ2n) is 5.97. The van der Waals surface area contributed by atoms with E-state index in [2.05, 4.69) is 6.92 Å². The summed E-state index contributed by atoms with van der Waals surface area (Å²) in [5, 5.41) is 0. The molecule has 1 fully saturated rings. The number of nitrogens with zero attached hydrogens (tertiary/aromatic N) is 1. The van der Waals surface area contributed by atoms with Gasteiger partial charge in [-0.15, -0.1) is 0 Å². The highest BCUT2D eigenvalue weighted by molar-refractivity contribution is 5.79. The van der Waals surface area contributed by atoms with Crippen molar-refractivity contribution in [3.63, 3.8) is 0 Å². The highest BCUT2D eigenvalue weighted by atomic mass is 16.7. The molecule has 2 aliphatic heterocycles. The number of piperidine rings is 1. The van der Waals surface area contributed by atoms with E-state index in [1.807, 2.05) is 23.1 Å². The number of fused-ring (bicyclic) bond motifs is 1. The Bertz CT molecular complexity index is 532. The van der Waals surface area contributed by atoms with Gasteiger partial charge in [0.2, 0.25) is 12.7 Å². The van der Waals surface area contributed by atoms with Crippen LogP contribution >= 0.6 is 0 Å². The molecule has 5 nitrogen and oxygen atoms in total. The van der Waals surface area contributed by atoms with E-state index in [4.69, 9.17) is 15.2 Å². The number of benzene rings is 1. The number of nitrogens with two attached hydrogens (primary N) is 1. The maximum absolute atomic E-state index is 12.5. The Morgan fingerprint density at radius 3 is 3.00 bits per heavy atom. The summed E-state index contributed by atoms with van der Waals surface area (Å²) >= 11 is 0. The quantitative estimate of drug-likeness (QED) is 0.917. The number of likely N-dealkylation sites (tertiary alicyclic amines) is 1. The Morgan fingerprint density at radius 1 is 1.38 bits per heavy atom. The normalized spacial score (nSPS) is 24.2. The zero-order chi connectivity index (χ0) is 14.8. The third-order valence-corrected chi connectivity index (χ3v) is 4.36. The van der Waals surface area contributed by atoms with Crippen LogP contribution in [0.2, 0.25) is 0 Å². The van der Waals surface area contributed by atoms with Crippen LogP contribution in [0.4, 0.5) is 0 Å². The minimum Gasteiger partial charge on any atom is -0.454 e. The molecular formula is C16H22N2O3. The van der Waals surface area contributed by atoms with Crippen LogP contribution < -0.4 is 15.2 Å². The molecular weight excluding hydrogens is 268 g/mol. The van der Waals surface area contributed by atoms with Crippen molar-refractivity contribution in [2.45, 2.75) is 32.2 Å². The van der Waals surface area contributed by atoms with Gasteiger partial charge in [0.1, 0.15) is 0 Å². The molecule has 1 saturated heterocycles. The van der Waals surface area contributed by atoms with E-state index >= 15 is 0 Å². The van der Waals surface area contributed by atoms with Gasteiger partial charge in [-0.05, 0) is 36.5 Å². The van der Waals surface area contributed by atoms with E-state index in [1.54, 1.807) is 0 Å². The summed E-state index contributed by atoms with van der Waals surface area (Å²) in [6.07, 6.45) is 2.45. The van der Waals surface area contributed by atoms with Crippen molar-refractivity contribution in [2.24, 2.45) is 11.7 Å². The number of carbonyl (C=O) groups excluding carboxylic acids is 1. The number of amides is 1. The molecule has 21 heavy (non-hydrogen) atoms. The van der Waals surface area contributed by atoms with E-state index in [0.717, 1.165) is 36.4 Å². The molecule has 2 aliphatic rings.